The first-order chi connectivity index (χ1) is 13.3. The molecule has 3 rings (SSSR count). The fourth-order valence-corrected chi connectivity index (χ4v) is 3.56. The van der Waals surface area contributed by atoms with Crippen LogP contribution < -0.4 is 5.43 Å². The van der Waals surface area contributed by atoms with Gasteiger partial charge in [0.15, 0.2) is 0 Å². The molecule has 4 nitrogen and oxygen atoms in total. The van der Waals surface area contributed by atoms with Gasteiger partial charge in [-0.2, -0.15) is 5.10 Å². The quantitative estimate of drug-likeness (QED) is 0.427. The molecule has 0 saturated carbocycles. The number of halogens is 2. The molecule has 0 saturated heterocycles. The van der Waals surface area contributed by atoms with Crippen molar-refractivity contribution in [3.05, 3.63) is 86.2 Å². The highest BCUT2D eigenvalue weighted by molar-refractivity contribution is 6.42. The maximum atomic E-state index is 12.2. The Bertz CT molecular complexity index is 1060. The van der Waals surface area contributed by atoms with E-state index in [9.17, 15) is 4.79 Å². The molecular weight excluding hydrogens is 393 g/mol. The summed E-state index contributed by atoms with van der Waals surface area (Å²) in [5, 5.41) is 4.83. The molecule has 2 aromatic carbocycles. The Kier molecular flexibility index (Phi) is 5.92. The summed E-state index contributed by atoms with van der Waals surface area (Å²) in [6, 6.07) is 13.2. The Morgan fingerprint density at radius 3 is 2.29 bits per heavy atom. The Balaban J connectivity index is 1.81. The number of nitrogens with one attached hydrogen (secondary N) is 1. The third kappa shape index (κ3) is 4.29. The Labute approximate surface area is 174 Å². The van der Waals surface area contributed by atoms with Crippen LogP contribution in [0.2, 0.25) is 10.0 Å². The van der Waals surface area contributed by atoms with E-state index in [1.54, 1.807) is 18.3 Å². The predicted molar refractivity (Wildman–Crippen MR) is 116 cm³/mol. The summed E-state index contributed by atoms with van der Waals surface area (Å²) in [5.74, 6) is -0.349. The highest BCUT2D eigenvalue weighted by Gasteiger charge is 2.11. The standard InChI is InChI=1S/C22H21Cl2N3O/c1-13-7-14(2)9-19(8-13)27-15(3)10-18(16(27)4)12-25-26-22(28)17-5-6-20(23)21(24)11-17/h5-12H,1-4H3,(H,26,28)/b25-12-. The highest BCUT2D eigenvalue weighted by Crippen LogP contribution is 2.23. The summed E-state index contributed by atoms with van der Waals surface area (Å²) in [6.07, 6.45) is 1.65. The van der Waals surface area contributed by atoms with Gasteiger partial charge in [0, 0.05) is 28.2 Å². The molecule has 0 aliphatic carbocycles. The Morgan fingerprint density at radius 2 is 1.64 bits per heavy atom. The lowest BCUT2D eigenvalue weighted by atomic mass is 10.1. The van der Waals surface area contributed by atoms with Crippen molar-refractivity contribution >= 4 is 35.3 Å². The fraction of sp³-hybridized carbons (Fsp3) is 0.182. The van der Waals surface area contributed by atoms with Gasteiger partial charge >= 0.3 is 0 Å². The van der Waals surface area contributed by atoms with E-state index >= 15 is 0 Å². The normalized spacial score (nSPS) is 11.2. The largest absolute Gasteiger partial charge is 0.318 e. The van der Waals surface area contributed by atoms with Gasteiger partial charge < -0.3 is 4.57 Å². The summed E-state index contributed by atoms with van der Waals surface area (Å²) in [5.41, 5.74) is 9.55. The van der Waals surface area contributed by atoms with Crippen LogP contribution in [0, 0.1) is 27.7 Å². The summed E-state index contributed by atoms with van der Waals surface area (Å²) in [4.78, 5) is 12.2. The molecule has 0 fully saturated rings. The van der Waals surface area contributed by atoms with Gasteiger partial charge in [0.1, 0.15) is 0 Å². The van der Waals surface area contributed by atoms with E-state index in [2.05, 4.69) is 54.1 Å². The average molecular weight is 414 g/mol. The number of rotatable bonds is 4. The number of carbonyl (C=O) groups is 1. The third-order valence-corrected chi connectivity index (χ3v) is 5.23. The fourth-order valence-electron chi connectivity index (χ4n) is 3.26. The van der Waals surface area contributed by atoms with E-state index in [1.807, 2.05) is 13.0 Å². The van der Waals surface area contributed by atoms with E-state index in [4.69, 9.17) is 23.2 Å². The summed E-state index contributed by atoms with van der Waals surface area (Å²) < 4.78 is 2.18. The van der Waals surface area contributed by atoms with Crippen LogP contribution in [0.4, 0.5) is 0 Å². The van der Waals surface area contributed by atoms with E-state index in [0.717, 1.165) is 22.6 Å². The molecule has 28 heavy (non-hydrogen) atoms. The van der Waals surface area contributed by atoms with E-state index in [1.165, 1.54) is 17.2 Å². The van der Waals surface area contributed by atoms with Crippen LogP contribution in [-0.4, -0.2) is 16.7 Å². The van der Waals surface area contributed by atoms with Gasteiger partial charge in [0.25, 0.3) is 5.91 Å². The van der Waals surface area contributed by atoms with Crippen molar-refractivity contribution in [2.24, 2.45) is 5.10 Å². The van der Waals surface area contributed by atoms with Gasteiger partial charge in [-0.15, -0.1) is 0 Å². The highest BCUT2D eigenvalue weighted by atomic mass is 35.5. The third-order valence-electron chi connectivity index (χ3n) is 4.49. The van der Waals surface area contributed by atoms with Gasteiger partial charge in [0.2, 0.25) is 0 Å². The van der Waals surface area contributed by atoms with Gasteiger partial charge in [-0.05, 0) is 75.2 Å². The zero-order chi connectivity index (χ0) is 20.4. The van der Waals surface area contributed by atoms with E-state index < -0.39 is 0 Å². The maximum absolute atomic E-state index is 12.2. The van der Waals surface area contributed by atoms with E-state index in [0.29, 0.717) is 15.6 Å². The van der Waals surface area contributed by atoms with Gasteiger partial charge in [0.05, 0.1) is 16.3 Å². The van der Waals surface area contributed by atoms with Crippen molar-refractivity contribution in [1.82, 2.24) is 9.99 Å². The number of aryl methyl sites for hydroxylation is 3. The van der Waals surface area contributed by atoms with Crippen LogP contribution in [0.3, 0.4) is 0 Å². The van der Waals surface area contributed by atoms with Crippen LogP contribution in [-0.2, 0) is 0 Å². The molecule has 0 bridgehead atoms. The second kappa shape index (κ2) is 8.21. The number of aromatic nitrogens is 1. The molecule has 1 heterocycles. The van der Waals surface area contributed by atoms with Gasteiger partial charge in [-0.3, -0.25) is 4.79 Å². The number of nitrogens with zero attached hydrogens (tertiary/aromatic N) is 2. The minimum atomic E-state index is -0.349. The SMILES string of the molecule is Cc1cc(C)cc(-n2c(C)cc(/C=N\NC(=O)c3ccc(Cl)c(Cl)c3)c2C)c1. The molecule has 144 valence electrons. The monoisotopic (exact) mass is 413 g/mol. The van der Waals surface area contributed by atoms with Crippen LogP contribution in [0.15, 0.2) is 47.6 Å². The molecule has 0 radical (unpaired) electrons. The molecule has 0 atom stereocenters. The summed E-state index contributed by atoms with van der Waals surface area (Å²) in [7, 11) is 0. The minimum Gasteiger partial charge on any atom is -0.318 e. The minimum absolute atomic E-state index is 0.329. The number of benzene rings is 2. The second-order valence-electron chi connectivity index (χ2n) is 6.84. The van der Waals surface area contributed by atoms with Crippen molar-refractivity contribution in [1.29, 1.82) is 0 Å². The topological polar surface area (TPSA) is 46.4 Å². The number of amides is 1. The molecule has 1 aromatic heterocycles. The van der Waals surface area contributed by atoms with Crippen LogP contribution in [0.25, 0.3) is 5.69 Å². The second-order valence-corrected chi connectivity index (χ2v) is 7.65. The first kappa shape index (κ1) is 20.2. The lowest BCUT2D eigenvalue weighted by Gasteiger charge is -2.11. The molecule has 0 aliphatic rings. The van der Waals surface area contributed by atoms with Crippen molar-refractivity contribution in [2.45, 2.75) is 27.7 Å². The Morgan fingerprint density at radius 1 is 0.964 bits per heavy atom. The molecule has 0 spiro atoms. The van der Waals surface area contributed by atoms with Crippen molar-refractivity contribution in [3.8, 4) is 5.69 Å². The molecule has 0 unspecified atom stereocenters. The zero-order valence-corrected chi connectivity index (χ0v) is 17.7. The molecule has 3 aromatic rings. The first-order valence-electron chi connectivity index (χ1n) is 8.82. The molecule has 1 N–H and O–H groups in total. The van der Waals surface area contributed by atoms with Gasteiger partial charge in [-0.1, -0.05) is 29.3 Å². The van der Waals surface area contributed by atoms with Crippen LogP contribution in [0.5, 0.6) is 0 Å². The molecule has 0 aliphatic heterocycles. The maximum Gasteiger partial charge on any atom is 0.271 e. The van der Waals surface area contributed by atoms with Crippen molar-refractivity contribution in [2.75, 3.05) is 0 Å². The smallest absolute Gasteiger partial charge is 0.271 e. The first-order valence-corrected chi connectivity index (χ1v) is 9.58. The molecule has 1 amide bonds. The van der Waals surface area contributed by atoms with Crippen molar-refractivity contribution < 1.29 is 4.79 Å². The number of hydrogen-bond acceptors (Lipinski definition) is 2. The lowest BCUT2D eigenvalue weighted by molar-refractivity contribution is 0.0955. The lowest BCUT2D eigenvalue weighted by Crippen LogP contribution is -2.17. The number of hydrogen-bond donors (Lipinski definition) is 1. The number of carbonyl (C=O) groups excluding carboxylic acids is 1. The summed E-state index contributed by atoms with van der Waals surface area (Å²) >= 11 is 11.8. The van der Waals surface area contributed by atoms with Crippen LogP contribution >= 0.6 is 23.2 Å². The van der Waals surface area contributed by atoms with Crippen molar-refractivity contribution in [3.63, 3.8) is 0 Å². The molecular formula is C22H21Cl2N3O. The zero-order valence-electron chi connectivity index (χ0n) is 16.2. The predicted octanol–water partition coefficient (Wildman–Crippen LogP) is 5.78. The summed E-state index contributed by atoms with van der Waals surface area (Å²) in [6.45, 7) is 8.26. The van der Waals surface area contributed by atoms with E-state index in [-0.39, 0.29) is 5.91 Å². The van der Waals surface area contributed by atoms with Crippen LogP contribution in [0.1, 0.15) is 38.4 Å². The average Bonchev–Trinajstić information content (AvgIpc) is 2.90. The van der Waals surface area contributed by atoms with Gasteiger partial charge in [-0.25, -0.2) is 5.43 Å². The number of hydrazone groups is 1. The Hall–Kier alpha value is -2.56. The molecule has 6 heteroatoms.